The van der Waals surface area contributed by atoms with Gasteiger partial charge in [0.25, 0.3) is 0 Å². The van der Waals surface area contributed by atoms with E-state index in [1.54, 1.807) is 11.9 Å². The van der Waals surface area contributed by atoms with E-state index in [0.717, 1.165) is 9.26 Å². The molecule has 0 heterocycles. The zero-order chi connectivity index (χ0) is 13.5. The number of amides is 1. The van der Waals surface area contributed by atoms with Gasteiger partial charge in [0.1, 0.15) is 0 Å². The smallest absolute Gasteiger partial charge is 0.304 e. The van der Waals surface area contributed by atoms with Crippen LogP contribution in [0.3, 0.4) is 0 Å². The SMILES string of the molecule is CN(CCC(=O)O)CC(=O)Nc1ccccc1I.Cl. The summed E-state index contributed by atoms with van der Waals surface area (Å²) in [7, 11) is 1.72. The predicted octanol–water partition coefficient (Wildman–Crippen LogP) is 2.06. The number of aliphatic carboxylic acids is 1. The van der Waals surface area contributed by atoms with Crippen molar-refractivity contribution in [2.24, 2.45) is 0 Å². The van der Waals surface area contributed by atoms with E-state index in [-0.39, 0.29) is 31.3 Å². The number of carboxylic acid groups (broad SMARTS) is 1. The standard InChI is InChI=1S/C12H15IN2O3.ClH/c1-15(7-6-12(17)18)8-11(16)14-10-5-3-2-4-9(10)13;/h2-5H,6-8H2,1H3,(H,14,16)(H,17,18);1H. The number of likely N-dealkylation sites (N-methyl/N-ethyl adjacent to an activating group) is 1. The minimum absolute atomic E-state index is 0. The number of hydrogen-bond acceptors (Lipinski definition) is 3. The molecule has 0 saturated heterocycles. The minimum Gasteiger partial charge on any atom is -0.481 e. The first-order chi connectivity index (χ1) is 8.49. The summed E-state index contributed by atoms with van der Waals surface area (Å²) in [6, 6.07) is 7.49. The molecule has 0 fully saturated rings. The van der Waals surface area contributed by atoms with Crippen LogP contribution in [0.5, 0.6) is 0 Å². The van der Waals surface area contributed by atoms with E-state index in [1.165, 1.54) is 0 Å². The molecular weight excluding hydrogens is 382 g/mol. The molecule has 0 saturated carbocycles. The lowest BCUT2D eigenvalue weighted by atomic mass is 10.3. The monoisotopic (exact) mass is 398 g/mol. The van der Waals surface area contributed by atoms with Crippen LogP contribution in [0.15, 0.2) is 24.3 Å². The van der Waals surface area contributed by atoms with Gasteiger partial charge in [0.05, 0.1) is 18.7 Å². The molecule has 0 radical (unpaired) electrons. The zero-order valence-electron chi connectivity index (χ0n) is 10.4. The largest absolute Gasteiger partial charge is 0.481 e. The number of rotatable bonds is 6. The van der Waals surface area contributed by atoms with Gasteiger partial charge in [0.15, 0.2) is 0 Å². The second-order valence-electron chi connectivity index (χ2n) is 3.91. The Labute approximate surface area is 131 Å². The summed E-state index contributed by atoms with van der Waals surface area (Å²) in [5, 5.41) is 11.3. The van der Waals surface area contributed by atoms with Gasteiger partial charge >= 0.3 is 5.97 Å². The topological polar surface area (TPSA) is 69.6 Å². The lowest BCUT2D eigenvalue weighted by Crippen LogP contribution is -2.31. The Morgan fingerprint density at radius 2 is 2.00 bits per heavy atom. The first kappa shape index (κ1) is 18.1. The summed E-state index contributed by atoms with van der Waals surface area (Å²) in [4.78, 5) is 23.8. The molecule has 7 heteroatoms. The molecule has 1 aromatic carbocycles. The predicted molar refractivity (Wildman–Crippen MR) is 84.8 cm³/mol. The number of nitrogens with zero attached hydrogens (tertiary/aromatic N) is 1. The molecule has 0 atom stereocenters. The van der Waals surface area contributed by atoms with Crippen molar-refractivity contribution in [2.75, 3.05) is 25.5 Å². The van der Waals surface area contributed by atoms with Crippen molar-refractivity contribution in [2.45, 2.75) is 6.42 Å². The summed E-state index contributed by atoms with van der Waals surface area (Å²) >= 11 is 2.15. The Balaban J connectivity index is 0.00000324. The third-order valence-corrected chi connectivity index (χ3v) is 3.21. The van der Waals surface area contributed by atoms with Gasteiger partial charge in [-0.1, -0.05) is 12.1 Å². The molecule has 0 aliphatic heterocycles. The van der Waals surface area contributed by atoms with E-state index in [2.05, 4.69) is 27.9 Å². The number of carbonyl (C=O) groups excluding carboxylic acids is 1. The highest BCUT2D eigenvalue weighted by molar-refractivity contribution is 14.1. The molecule has 0 bridgehead atoms. The molecule has 2 N–H and O–H groups in total. The number of para-hydroxylation sites is 1. The molecule has 0 unspecified atom stereocenters. The van der Waals surface area contributed by atoms with Crippen LogP contribution < -0.4 is 5.32 Å². The quantitative estimate of drug-likeness (QED) is 0.720. The molecule has 1 amide bonds. The van der Waals surface area contributed by atoms with Crippen molar-refractivity contribution >= 4 is 52.6 Å². The van der Waals surface area contributed by atoms with Gasteiger partial charge in [-0.15, -0.1) is 12.4 Å². The summed E-state index contributed by atoms with van der Waals surface area (Å²) in [6.45, 7) is 0.535. The number of halogens is 2. The van der Waals surface area contributed by atoms with E-state index in [1.807, 2.05) is 24.3 Å². The van der Waals surface area contributed by atoms with Crippen LogP contribution in [-0.2, 0) is 9.59 Å². The van der Waals surface area contributed by atoms with Gasteiger partial charge in [-0.3, -0.25) is 14.5 Å². The molecule has 106 valence electrons. The molecule has 0 aliphatic rings. The molecule has 0 spiro atoms. The van der Waals surface area contributed by atoms with Crippen molar-refractivity contribution in [1.82, 2.24) is 4.90 Å². The fraction of sp³-hybridized carbons (Fsp3) is 0.333. The molecular formula is C12H16ClIN2O3. The Morgan fingerprint density at radius 3 is 2.58 bits per heavy atom. The number of carboxylic acids is 1. The summed E-state index contributed by atoms with van der Waals surface area (Å²) in [5.74, 6) is -1.01. The lowest BCUT2D eigenvalue weighted by Gasteiger charge is -2.15. The van der Waals surface area contributed by atoms with Crippen molar-refractivity contribution in [1.29, 1.82) is 0 Å². The third kappa shape index (κ3) is 7.34. The van der Waals surface area contributed by atoms with Crippen LogP contribution in [0.25, 0.3) is 0 Å². The maximum Gasteiger partial charge on any atom is 0.304 e. The fourth-order valence-corrected chi connectivity index (χ4v) is 1.89. The van der Waals surface area contributed by atoms with E-state index in [4.69, 9.17) is 5.11 Å². The summed E-state index contributed by atoms with van der Waals surface area (Å²) < 4.78 is 0.969. The highest BCUT2D eigenvalue weighted by atomic mass is 127. The summed E-state index contributed by atoms with van der Waals surface area (Å²) in [5.41, 5.74) is 0.773. The Bertz CT molecular complexity index is 443. The second kappa shape index (κ2) is 9.11. The van der Waals surface area contributed by atoms with Gasteiger partial charge in [-0.25, -0.2) is 0 Å². The van der Waals surface area contributed by atoms with Crippen LogP contribution in [0, 0.1) is 3.57 Å². The zero-order valence-corrected chi connectivity index (χ0v) is 13.4. The van der Waals surface area contributed by atoms with Crippen molar-refractivity contribution in [3.63, 3.8) is 0 Å². The molecule has 0 aliphatic carbocycles. The lowest BCUT2D eigenvalue weighted by molar-refractivity contribution is -0.137. The first-order valence-corrected chi connectivity index (χ1v) is 6.51. The Kier molecular flexibility index (Phi) is 8.70. The van der Waals surface area contributed by atoms with E-state index in [0.29, 0.717) is 6.54 Å². The average Bonchev–Trinajstić information content (AvgIpc) is 2.29. The van der Waals surface area contributed by atoms with Crippen molar-refractivity contribution < 1.29 is 14.7 Å². The maximum absolute atomic E-state index is 11.7. The highest BCUT2D eigenvalue weighted by Crippen LogP contribution is 2.16. The van der Waals surface area contributed by atoms with Crippen molar-refractivity contribution in [3.05, 3.63) is 27.8 Å². The van der Waals surface area contributed by atoms with E-state index < -0.39 is 5.97 Å². The average molecular weight is 399 g/mol. The molecule has 5 nitrogen and oxygen atoms in total. The Hall–Kier alpha value is -0.860. The molecule has 1 rings (SSSR count). The third-order valence-electron chi connectivity index (χ3n) is 2.27. The number of carbonyl (C=O) groups is 2. The van der Waals surface area contributed by atoms with Crippen molar-refractivity contribution in [3.8, 4) is 0 Å². The molecule has 1 aromatic rings. The van der Waals surface area contributed by atoms with Gasteiger partial charge in [-0.2, -0.15) is 0 Å². The number of hydrogen-bond donors (Lipinski definition) is 2. The van der Waals surface area contributed by atoms with E-state index in [9.17, 15) is 9.59 Å². The van der Waals surface area contributed by atoms with Crippen LogP contribution in [0.1, 0.15) is 6.42 Å². The highest BCUT2D eigenvalue weighted by Gasteiger charge is 2.09. The van der Waals surface area contributed by atoms with Gasteiger partial charge in [0, 0.05) is 10.1 Å². The maximum atomic E-state index is 11.7. The number of nitrogens with one attached hydrogen (secondary N) is 1. The number of benzene rings is 1. The van der Waals surface area contributed by atoms with Crippen LogP contribution in [0.4, 0.5) is 5.69 Å². The van der Waals surface area contributed by atoms with Crippen LogP contribution in [0.2, 0.25) is 0 Å². The fourth-order valence-electron chi connectivity index (χ4n) is 1.36. The Morgan fingerprint density at radius 1 is 1.37 bits per heavy atom. The van der Waals surface area contributed by atoms with Crippen LogP contribution in [-0.4, -0.2) is 42.0 Å². The van der Waals surface area contributed by atoms with Gasteiger partial charge in [-0.05, 0) is 41.8 Å². The normalized spacial score (nSPS) is 9.84. The van der Waals surface area contributed by atoms with Gasteiger partial charge < -0.3 is 10.4 Å². The first-order valence-electron chi connectivity index (χ1n) is 5.43. The van der Waals surface area contributed by atoms with Crippen LogP contribution >= 0.6 is 35.0 Å². The number of anilines is 1. The van der Waals surface area contributed by atoms with Gasteiger partial charge in [0.2, 0.25) is 5.91 Å². The minimum atomic E-state index is -0.861. The molecule has 0 aromatic heterocycles. The van der Waals surface area contributed by atoms with E-state index >= 15 is 0 Å². The molecule has 19 heavy (non-hydrogen) atoms. The second-order valence-corrected chi connectivity index (χ2v) is 5.07. The summed E-state index contributed by atoms with van der Waals surface area (Å²) in [6.07, 6.45) is 0.0344.